The van der Waals surface area contributed by atoms with E-state index >= 15 is 0 Å². The van der Waals surface area contributed by atoms with Crippen molar-refractivity contribution in [2.45, 2.75) is 6.18 Å². The van der Waals surface area contributed by atoms with Crippen LogP contribution in [0.25, 0.3) is 5.69 Å². The predicted molar refractivity (Wildman–Crippen MR) is 60.9 cm³/mol. The van der Waals surface area contributed by atoms with Crippen molar-refractivity contribution >= 4 is 17.5 Å². The quantitative estimate of drug-likeness (QED) is 0.922. The lowest BCUT2D eigenvalue weighted by Crippen LogP contribution is -2.13. The van der Waals surface area contributed by atoms with Crippen LogP contribution < -0.4 is 5.73 Å². The molecule has 19 heavy (non-hydrogen) atoms. The van der Waals surface area contributed by atoms with E-state index in [1.165, 1.54) is 24.3 Å². The molecule has 0 aliphatic rings. The summed E-state index contributed by atoms with van der Waals surface area (Å²) in [4.78, 5) is 10.9. The van der Waals surface area contributed by atoms with Crippen molar-refractivity contribution in [1.29, 1.82) is 0 Å². The van der Waals surface area contributed by atoms with E-state index in [4.69, 9.17) is 17.3 Å². The molecule has 0 saturated heterocycles. The van der Waals surface area contributed by atoms with E-state index in [0.717, 1.165) is 0 Å². The van der Waals surface area contributed by atoms with Crippen molar-refractivity contribution in [1.82, 2.24) is 9.78 Å². The average molecular weight is 289 g/mol. The molecule has 4 nitrogen and oxygen atoms in total. The highest BCUT2D eigenvalue weighted by Gasteiger charge is 2.37. The number of halogens is 4. The zero-order valence-electron chi connectivity index (χ0n) is 9.20. The first-order valence-electron chi connectivity index (χ1n) is 4.94. The first kappa shape index (κ1) is 13.4. The molecule has 0 spiro atoms. The summed E-state index contributed by atoms with van der Waals surface area (Å²) in [5.74, 6) is -1.08. The van der Waals surface area contributed by atoms with Crippen molar-refractivity contribution in [3.63, 3.8) is 0 Å². The minimum atomic E-state index is -4.71. The number of hydrogen-bond acceptors (Lipinski definition) is 2. The van der Waals surface area contributed by atoms with Crippen molar-refractivity contribution in [2.24, 2.45) is 5.73 Å². The van der Waals surface area contributed by atoms with Crippen molar-refractivity contribution in [3.8, 4) is 5.69 Å². The number of carbonyl (C=O) groups is 1. The minimum absolute atomic E-state index is 0.0977. The normalized spacial score (nSPS) is 11.6. The van der Waals surface area contributed by atoms with Gasteiger partial charge in [-0.1, -0.05) is 11.6 Å². The molecule has 2 N–H and O–H groups in total. The maximum Gasteiger partial charge on any atom is 0.434 e. The molecule has 0 bridgehead atoms. The third kappa shape index (κ3) is 2.70. The Morgan fingerprint density at radius 3 is 2.37 bits per heavy atom. The number of rotatable bonds is 2. The maximum absolute atomic E-state index is 12.8. The lowest BCUT2D eigenvalue weighted by molar-refractivity contribution is -0.143. The third-order valence-electron chi connectivity index (χ3n) is 2.22. The van der Waals surface area contributed by atoms with Gasteiger partial charge < -0.3 is 5.73 Å². The Balaban J connectivity index is 2.61. The fraction of sp³-hybridized carbons (Fsp3) is 0.0909. The molecular formula is C11H6ClF3N3O. The number of aromatic nitrogens is 2. The van der Waals surface area contributed by atoms with E-state index in [1.807, 2.05) is 6.07 Å². The monoisotopic (exact) mass is 288 g/mol. The molecule has 0 aliphatic carbocycles. The summed E-state index contributed by atoms with van der Waals surface area (Å²) in [5, 5.41) is 3.86. The average Bonchev–Trinajstić information content (AvgIpc) is 2.74. The second-order valence-corrected chi connectivity index (χ2v) is 4.01. The summed E-state index contributed by atoms with van der Waals surface area (Å²) in [7, 11) is 0. The minimum Gasteiger partial charge on any atom is -0.364 e. The van der Waals surface area contributed by atoms with Crippen LogP contribution in [0.5, 0.6) is 0 Å². The van der Waals surface area contributed by atoms with E-state index in [2.05, 4.69) is 5.10 Å². The summed E-state index contributed by atoms with van der Waals surface area (Å²) in [6, 6.07) is 7.34. The molecule has 1 heterocycles. The largest absolute Gasteiger partial charge is 0.434 e. The first-order valence-corrected chi connectivity index (χ1v) is 5.32. The Morgan fingerprint density at radius 1 is 1.32 bits per heavy atom. The molecule has 0 saturated carbocycles. The molecule has 1 aromatic heterocycles. The van der Waals surface area contributed by atoms with Crippen LogP contribution in [0.4, 0.5) is 13.2 Å². The van der Waals surface area contributed by atoms with Crippen LogP contribution in [0.15, 0.2) is 24.3 Å². The van der Waals surface area contributed by atoms with E-state index in [1.54, 1.807) is 0 Å². The molecule has 0 aliphatic heterocycles. The van der Waals surface area contributed by atoms with E-state index in [9.17, 15) is 18.0 Å². The van der Waals surface area contributed by atoms with Crippen LogP contribution in [0.2, 0.25) is 5.02 Å². The van der Waals surface area contributed by atoms with Crippen LogP contribution in [-0.2, 0) is 6.18 Å². The van der Waals surface area contributed by atoms with Crippen LogP contribution in [0.3, 0.4) is 0 Å². The molecule has 1 aromatic carbocycles. The summed E-state index contributed by atoms with van der Waals surface area (Å²) < 4.78 is 39.0. The van der Waals surface area contributed by atoms with Gasteiger partial charge in [-0.15, -0.1) is 0 Å². The maximum atomic E-state index is 12.8. The molecule has 1 radical (unpaired) electrons. The summed E-state index contributed by atoms with van der Waals surface area (Å²) in [6.45, 7) is 0. The van der Waals surface area contributed by atoms with E-state index in [0.29, 0.717) is 9.70 Å². The van der Waals surface area contributed by atoms with Crippen molar-refractivity contribution in [2.75, 3.05) is 0 Å². The first-order chi connectivity index (χ1) is 8.79. The van der Waals surface area contributed by atoms with Crippen LogP contribution in [-0.4, -0.2) is 15.7 Å². The highest BCUT2D eigenvalue weighted by atomic mass is 35.5. The standard InChI is InChI=1S/C11H6ClF3N3O/c12-6-1-3-7(4-2-6)18-9(11(13,14)15)5-8(17-18)10(16)19/h1-4H,(H2,16,19). The number of hydrogen-bond donors (Lipinski definition) is 1. The number of nitrogens with two attached hydrogens (primary N) is 1. The van der Waals surface area contributed by atoms with Gasteiger partial charge in [-0.3, -0.25) is 4.79 Å². The number of amides is 1. The second kappa shape index (κ2) is 4.58. The predicted octanol–water partition coefficient (Wildman–Crippen LogP) is 2.44. The van der Waals surface area contributed by atoms with Crippen molar-refractivity contribution in [3.05, 3.63) is 46.7 Å². The van der Waals surface area contributed by atoms with Gasteiger partial charge in [0.1, 0.15) is 0 Å². The number of carbonyl (C=O) groups excluding carboxylic acids is 1. The molecule has 2 rings (SSSR count). The Labute approximate surface area is 110 Å². The van der Waals surface area contributed by atoms with Gasteiger partial charge in [-0.25, -0.2) is 4.68 Å². The lowest BCUT2D eigenvalue weighted by Gasteiger charge is -2.09. The molecule has 2 aromatic rings. The Hall–Kier alpha value is -2.02. The molecule has 0 fully saturated rings. The zero-order chi connectivity index (χ0) is 14.2. The van der Waals surface area contributed by atoms with Crippen LogP contribution >= 0.6 is 11.6 Å². The fourth-order valence-corrected chi connectivity index (χ4v) is 1.54. The highest BCUT2D eigenvalue weighted by molar-refractivity contribution is 6.30. The molecule has 0 unspecified atom stereocenters. The summed E-state index contributed by atoms with van der Waals surface area (Å²) in [6.07, 6.45) is -4.71. The lowest BCUT2D eigenvalue weighted by atomic mass is 10.3. The SMILES string of the molecule is NC(=O)c1[c]c(C(F)(F)F)n(-c2ccc(Cl)cc2)n1. The van der Waals surface area contributed by atoms with Gasteiger partial charge >= 0.3 is 6.18 Å². The number of primary amides is 1. The second-order valence-electron chi connectivity index (χ2n) is 3.57. The van der Waals surface area contributed by atoms with Gasteiger partial charge in [0.2, 0.25) is 0 Å². The van der Waals surface area contributed by atoms with Gasteiger partial charge in [-0.2, -0.15) is 18.3 Å². The smallest absolute Gasteiger partial charge is 0.364 e. The Morgan fingerprint density at radius 2 is 1.89 bits per heavy atom. The number of nitrogens with zero attached hydrogens (tertiary/aromatic N) is 2. The van der Waals surface area contributed by atoms with Gasteiger partial charge in [0, 0.05) is 5.02 Å². The van der Waals surface area contributed by atoms with Gasteiger partial charge in [-0.05, 0) is 24.3 Å². The van der Waals surface area contributed by atoms with Crippen LogP contribution in [0, 0.1) is 6.07 Å². The Bertz CT molecular complexity index is 619. The Kier molecular flexibility index (Phi) is 3.23. The molecule has 0 atom stereocenters. The summed E-state index contributed by atoms with van der Waals surface area (Å²) >= 11 is 5.65. The molecular weight excluding hydrogens is 283 g/mol. The topological polar surface area (TPSA) is 60.9 Å². The van der Waals surface area contributed by atoms with Gasteiger partial charge in [0.05, 0.1) is 11.8 Å². The molecule has 1 amide bonds. The summed E-state index contributed by atoms with van der Waals surface area (Å²) in [5.41, 5.74) is 3.22. The zero-order valence-corrected chi connectivity index (χ0v) is 9.96. The third-order valence-corrected chi connectivity index (χ3v) is 2.47. The van der Waals surface area contributed by atoms with E-state index in [-0.39, 0.29) is 5.69 Å². The van der Waals surface area contributed by atoms with E-state index < -0.39 is 23.5 Å². The molecule has 8 heteroatoms. The van der Waals surface area contributed by atoms with Crippen molar-refractivity contribution < 1.29 is 18.0 Å². The van der Waals surface area contributed by atoms with Gasteiger partial charge in [0.15, 0.2) is 11.4 Å². The van der Waals surface area contributed by atoms with Gasteiger partial charge in [0.25, 0.3) is 5.91 Å². The van der Waals surface area contributed by atoms with Crippen LogP contribution in [0.1, 0.15) is 16.2 Å². The molecule has 99 valence electrons. The number of alkyl halides is 3. The number of benzene rings is 1. The fourth-order valence-electron chi connectivity index (χ4n) is 1.41. The highest BCUT2D eigenvalue weighted by Crippen LogP contribution is 2.31.